The van der Waals surface area contributed by atoms with Gasteiger partial charge in [-0.05, 0) is 12.8 Å². The maximum absolute atomic E-state index is 12.1. The van der Waals surface area contributed by atoms with Crippen molar-refractivity contribution in [2.45, 2.75) is 18.9 Å². The predicted molar refractivity (Wildman–Crippen MR) is 77.0 cm³/mol. The maximum atomic E-state index is 12.1. The van der Waals surface area contributed by atoms with Gasteiger partial charge in [0.05, 0.1) is 11.8 Å². The summed E-state index contributed by atoms with van der Waals surface area (Å²) >= 11 is -1.95. The summed E-state index contributed by atoms with van der Waals surface area (Å²) in [7, 11) is 0. The van der Waals surface area contributed by atoms with Gasteiger partial charge >= 0.3 is 0 Å². The van der Waals surface area contributed by atoms with Crippen LogP contribution in [0.2, 0.25) is 0 Å². The fraction of sp³-hybridized carbons (Fsp3) is 0.385. The molecular formula is C13H18N2O4S. The molecule has 0 saturated carbocycles. The van der Waals surface area contributed by atoms with E-state index in [4.69, 9.17) is 10.3 Å². The van der Waals surface area contributed by atoms with E-state index in [2.05, 4.69) is 6.58 Å². The van der Waals surface area contributed by atoms with E-state index in [-0.39, 0.29) is 24.3 Å². The minimum absolute atomic E-state index is 0.00544. The number of carbonyl (C=O) groups is 2. The number of allylic oxidation sites excluding steroid dienone is 2. The molecule has 0 aromatic heterocycles. The summed E-state index contributed by atoms with van der Waals surface area (Å²) in [5, 5.41) is 0. The zero-order valence-corrected chi connectivity index (χ0v) is 11.8. The molecule has 0 spiro atoms. The molecule has 1 aliphatic heterocycles. The summed E-state index contributed by atoms with van der Waals surface area (Å²) in [4.78, 5) is 25.3. The molecule has 2 amide bonds. The molecule has 0 aliphatic carbocycles. The highest BCUT2D eigenvalue weighted by Crippen LogP contribution is 2.09. The molecule has 1 aliphatic rings. The molecule has 0 saturated heterocycles. The zero-order valence-electron chi connectivity index (χ0n) is 11.0. The van der Waals surface area contributed by atoms with Crippen LogP contribution >= 0.6 is 0 Å². The van der Waals surface area contributed by atoms with Gasteiger partial charge in [0, 0.05) is 12.1 Å². The second-order valence-corrected chi connectivity index (χ2v) is 5.38. The molecule has 0 bridgehead atoms. The Balaban J connectivity index is 2.88. The fourth-order valence-corrected chi connectivity index (χ4v) is 2.06. The molecular weight excluding hydrogens is 280 g/mol. The van der Waals surface area contributed by atoms with E-state index in [1.807, 2.05) is 0 Å². The van der Waals surface area contributed by atoms with Crippen LogP contribution in [0, 0.1) is 0 Å². The Bertz CT molecular complexity index is 485. The first-order valence-corrected chi connectivity index (χ1v) is 7.42. The van der Waals surface area contributed by atoms with Crippen molar-refractivity contribution in [1.29, 1.82) is 0 Å². The lowest BCUT2D eigenvalue weighted by Gasteiger charge is -2.24. The number of nitrogens with two attached hydrogens (primary N) is 1. The summed E-state index contributed by atoms with van der Waals surface area (Å²) in [5.41, 5.74) is 5.91. The quantitative estimate of drug-likeness (QED) is 0.443. The molecule has 0 fully saturated rings. The lowest BCUT2D eigenvalue weighted by molar-refractivity contribution is -0.143. The number of carbonyl (C=O) groups excluding carboxylic acids is 2. The van der Waals surface area contributed by atoms with Crippen LogP contribution in [0.1, 0.15) is 12.8 Å². The second kappa shape index (κ2) is 7.88. The van der Waals surface area contributed by atoms with Crippen molar-refractivity contribution < 1.29 is 18.4 Å². The Hall–Kier alpha value is -1.57. The number of hydrogen-bond donors (Lipinski definition) is 2. The van der Waals surface area contributed by atoms with Crippen LogP contribution in [0.3, 0.4) is 0 Å². The molecule has 6 nitrogen and oxygen atoms in total. The minimum atomic E-state index is -1.95. The first-order valence-electron chi connectivity index (χ1n) is 6.14. The Morgan fingerprint density at radius 1 is 1.45 bits per heavy atom. The molecule has 20 heavy (non-hydrogen) atoms. The molecule has 0 aromatic carbocycles. The highest BCUT2D eigenvalue weighted by molar-refractivity contribution is 7.79. The number of nitrogens with zero attached hydrogens (tertiary/aromatic N) is 1. The number of imide groups is 1. The van der Waals surface area contributed by atoms with Crippen LogP contribution in [0.4, 0.5) is 0 Å². The van der Waals surface area contributed by atoms with Gasteiger partial charge in [0.2, 0.25) is 5.91 Å². The molecule has 0 radical (unpaired) electrons. The average Bonchev–Trinajstić information content (AvgIpc) is 2.40. The molecule has 110 valence electrons. The summed E-state index contributed by atoms with van der Waals surface area (Å²) < 4.78 is 19.3. The van der Waals surface area contributed by atoms with Gasteiger partial charge in [-0.2, -0.15) is 0 Å². The van der Waals surface area contributed by atoms with E-state index in [0.717, 1.165) is 4.90 Å². The first kappa shape index (κ1) is 16.5. The van der Waals surface area contributed by atoms with Gasteiger partial charge in [-0.1, -0.05) is 30.9 Å². The van der Waals surface area contributed by atoms with Gasteiger partial charge in [0.1, 0.15) is 0 Å². The molecule has 1 rings (SSSR count). The smallest absolute Gasteiger partial charge is 0.259 e. The van der Waals surface area contributed by atoms with Gasteiger partial charge in [0.15, 0.2) is 11.1 Å². The third kappa shape index (κ3) is 4.84. The Morgan fingerprint density at radius 2 is 2.15 bits per heavy atom. The number of amides is 2. The number of rotatable bonds is 4. The third-order valence-corrected chi connectivity index (χ3v) is 3.38. The molecule has 7 heteroatoms. The maximum Gasteiger partial charge on any atom is 0.259 e. The van der Waals surface area contributed by atoms with E-state index >= 15 is 0 Å². The molecule has 2 unspecified atom stereocenters. The van der Waals surface area contributed by atoms with Gasteiger partial charge in [0.25, 0.3) is 5.91 Å². The summed E-state index contributed by atoms with van der Waals surface area (Å²) in [6, 6.07) is -0.811. The van der Waals surface area contributed by atoms with Crippen molar-refractivity contribution in [3.63, 3.8) is 0 Å². The minimum Gasteiger partial charge on any atom is -0.320 e. The summed E-state index contributed by atoms with van der Waals surface area (Å²) in [6.45, 7) is 3.66. The van der Waals surface area contributed by atoms with Crippen molar-refractivity contribution in [2.24, 2.45) is 5.73 Å². The molecule has 0 aromatic rings. The van der Waals surface area contributed by atoms with Crippen LogP contribution < -0.4 is 5.73 Å². The topological polar surface area (TPSA) is 101 Å². The van der Waals surface area contributed by atoms with Gasteiger partial charge in [-0.3, -0.25) is 14.5 Å². The Kier molecular flexibility index (Phi) is 6.50. The van der Waals surface area contributed by atoms with Crippen molar-refractivity contribution >= 4 is 22.9 Å². The SMILES string of the molecule is C=C1/C=C\C=C/CC(N)C(=O)N(CCCS(=O)O)C1=O. The normalized spacial score (nSPS) is 25.4. The summed E-state index contributed by atoms with van der Waals surface area (Å²) in [6.07, 6.45) is 7.18. The van der Waals surface area contributed by atoms with Crippen molar-refractivity contribution in [3.8, 4) is 0 Å². The van der Waals surface area contributed by atoms with Crippen molar-refractivity contribution in [2.75, 3.05) is 12.3 Å². The van der Waals surface area contributed by atoms with E-state index in [9.17, 15) is 13.8 Å². The highest BCUT2D eigenvalue weighted by atomic mass is 32.2. The third-order valence-electron chi connectivity index (χ3n) is 2.74. The monoisotopic (exact) mass is 298 g/mol. The van der Waals surface area contributed by atoms with Crippen molar-refractivity contribution in [3.05, 3.63) is 36.5 Å². The predicted octanol–water partition coefficient (Wildman–Crippen LogP) is 0.353. The highest BCUT2D eigenvalue weighted by Gasteiger charge is 2.26. The van der Waals surface area contributed by atoms with Crippen LogP contribution in [0.25, 0.3) is 0 Å². The van der Waals surface area contributed by atoms with Crippen molar-refractivity contribution in [1.82, 2.24) is 4.90 Å². The van der Waals surface area contributed by atoms with Crippen LogP contribution in [0.15, 0.2) is 36.5 Å². The van der Waals surface area contributed by atoms with Crippen LogP contribution in [0.5, 0.6) is 0 Å². The standard InChI is InChI=1S/C13H18N2O4S/c1-10-6-3-2-4-7-11(14)13(17)15(12(10)16)8-5-9-20(18)19/h2-4,6,11H,1,5,7-9,14H2,(H,18,19)/b4-2-,6-3-. The Labute approximate surface area is 120 Å². The summed E-state index contributed by atoms with van der Waals surface area (Å²) in [5.74, 6) is -1.03. The van der Waals surface area contributed by atoms with Gasteiger partial charge in [-0.25, -0.2) is 4.21 Å². The molecule has 1 heterocycles. The zero-order chi connectivity index (χ0) is 15.1. The van der Waals surface area contributed by atoms with E-state index in [0.29, 0.717) is 6.42 Å². The lowest BCUT2D eigenvalue weighted by Crippen LogP contribution is -2.47. The van der Waals surface area contributed by atoms with E-state index in [1.54, 1.807) is 18.2 Å². The van der Waals surface area contributed by atoms with Gasteiger partial charge < -0.3 is 10.3 Å². The second-order valence-electron chi connectivity index (χ2n) is 4.33. The van der Waals surface area contributed by atoms with E-state index < -0.39 is 28.9 Å². The molecule has 3 N–H and O–H groups in total. The van der Waals surface area contributed by atoms with Gasteiger partial charge in [-0.15, -0.1) is 0 Å². The fourth-order valence-electron chi connectivity index (χ4n) is 1.68. The van der Waals surface area contributed by atoms with Crippen LogP contribution in [-0.4, -0.2) is 43.8 Å². The lowest BCUT2D eigenvalue weighted by atomic mass is 10.1. The molecule has 2 atom stereocenters. The average molecular weight is 298 g/mol. The number of hydrogen-bond acceptors (Lipinski definition) is 4. The first-order chi connectivity index (χ1) is 9.43. The van der Waals surface area contributed by atoms with E-state index in [1.165, 1.54) is 6.08 Å². The van der Waals surface area contributed by atoms with Crippen LogP contribution in [-0.2, 0) is 20.7 Å². The largest absolute Gasteiger partial charge is 0.320 e. The Morgan fingerprint density at radius 3 is 2.80 bits per heavy atom.